The van der Waals surface area contributed by atoms with Gasteiger partial charge in [-0.25, -0.2) is 0 Å². The summed E-state index contributed by atoms with van der Waals surface area (Å²) in [5.74, 6) is 1.73. The maximum absolute atomic E-state index is 5.88. The van der Waals surface area contributed by atoms with Gasteiger partial charge < -0.3 is 4.74 Å². The van der Waals surface area contributed by atoms with E-state index in [1.807, 2.05) is 18.2 Å². The van der Waals surface area contributed by atoms with Crippen molar-refractivity contribution in [1.82, 2.24) is 0 Å². The summed E-state index contributed by atoms with van der Waals surface area (Å²) in [5, 5.41) is 0. The second kappa shape index (κ2) is 8.26. The molecule has 0 amide bonds. The number of benzene rings is 3. The maximum Gasteiger partial charge on any atom is 0.119 e. The molecule has 0 aliphatic heterocycles. The van der Waals surface area contributed by atoms with Crippen LogP contribution in [0.5, 0.6) is 5.75 Å². The van der Waals surface area contributed by atoms with E-state index in [0.29, 0.717) is 6.61 Å². The maximum atomic E-state index is 5.88. The van der Waals surface area contributed by atoms with Gasteiger partial charge >= 0.3 is 0 Å². The van der Waals surface area contributed by atoms with Crippen molar-refractivity contribution in [3.05, 3.63) is 96.1 Å². The first-order valence-electron chi connectivity index (χ1n) is 9.84. The van der Waals surface area contributed by atoms with Crippen molar-refractivity contribution >= 4 is 5.57 Å². The van der Waals surface area contributed by atoms with E-state index in [4.69, 9.17) is 4.74 Å². The van der Waals surface area contributed by atoms with Gasteiger partial charge in [-0.3, -0.25) is 0 Å². The summed E-state index contributed by atoms with van der Waals surface area (Å²) in [7, 11) is 0. The predicted octanol–water partition coefficient (Wildman–Crippen LogP) is 7.14. The predicted molar refractivity (Wildman–Crippen MR) is 114 cm³/mol. The molecule has 3 aromatic carbocycles. The molecular formula is C26H26O. The Balaban J connectivity index is 1.41. The van der Waals surface area contributed by atoms with Gasteiger partial charge in [0.05, 0.1) is 0 Å². The third-order valence-corrected chi connectivity index (χ3v) is 5.36. The topological polar surface area (TPSA) is 9.23 Å². The molecule has 1 aliphatic rings. The van der Waals surface area contributed by atoms with Crippen molar-refractivity contribution in [3.8, 4) is 16.9 Å². The van der Waals surface area contributed by atoms with Crippen molar-refractivity contribution < 1.29 is 4.74 Å². The first-order valence-corrected chi connectivity index (χ1v) is 9.84. The van der Waals surface area contributed by atoms with E-state index in [-0.39, 0.29) is 0 Å². The molecule has 136 valence electrons. The van der Waals surface area contributed by atoms with Gasteiger partial charge in [-0.15, -0.1) is 0 Å². The summed E-state index contributed by atoms with van der Waals surface area (Å²) >= 11 is 0. The van der Waals surface area contributed by atoms with E-state index < -0.39 is 0 Å². The molecule has 0 saturated carbocycles. The third-order valence-electron chi connectivity index (χ3n) is 5.36. The van der Waals surface area contributed by atoms with Crippen molar-refractivity contribution in [2.24, 2.45) is 5.92 Å². The SMILES string of the molecule is CC1CC=C(c2ccc(-c3ccc(OCc4ccccc4)cc3)cc2)CC1. The Morgan fingerprint density at radius 2 is 1.41 bits per heavy atom. The lowest BCUT2D eigenvalue weighted by atomic mass is 9.87. The van der Waals surface area contributed by atoms with Crippen LogP contribution in [0.3, 0.4) is 0 Å². The van der Waals surface area contributed by atoms with Crippen LogP contribution in [-0.4, -0.2) is 0 Å². The summed E-state index contributed by atoms with van der Waals surface area (Å²) in [5.41, 5.74) is 6.53. The van der Waals surface area contributed by atoms with E-state index in [9.17, 15) is 0 Å². The minimum atomic E-state index is 0.600. The van der Waals surface area contributed by atoms with Crippen LogP contribution in [0.25, 0.3) is 16.7 Å². The second-order valence-electron chi connectivity index (χ2n) is 7.48. The Bertz CT molecular complexity index is 889. The van der Waals surface area contributed by atoms with Crippen LogP contribution < -0.4 is 4.74 Å². The molecule has 27 heavy (non-hydrogen) atoms. The average Bonchev–Trinajstić information content (AvgIpc) is 2.74. The zero-order chi connectivity index (χ0) is 18.5. The van der Waals surface area contributed by atoms with Gasteiger partial charge in [-0.05, 0) is 65.1 Å². The van der Waals surface area contributed by atoms with Gasteiger partial charge in [-0.2, -0.15) is 0 Å². The zero-order valence-electron chi connectivity index (χ0n) is 15.9. The molecule has 0 radical (unpaired) electrons. The summed E-state index contributed by atoms with van der Waals surface area (Å²) in [6.07, 6.45) is 6.13. The van der Waals surface area contributed by atoms with Gasteiger partial charge in [0.1, 0.15) is 12.4 Å². The molecule has 0 fully saturated rings. The van der Waals surface area contributed by atoms with Crippen LogP contribution in [0.2, 0.25) is 0 Å². The first-order chi connectivity index (χ1) is 13.3. The smallest absolute Gasteiger partial charge is 0.119 e. The molecule has 0 spiro atoms. The van der Waals surface area contributed by atoms with Crippen LogP contribution in [0.4, 0.5) is 0 Å². The van der Waals surface area contributed by atoms with Crippen molar-refractivity contribution in [2.45, 2.75) is 32.8 Å². The molecule has 0 N–H and O–H groups in total. The minimum Gasteiger partial charge on any atom is -0.489 e. The van der Waals surface area contributed by atoms with E-state index in [2.05, 4.69) is 73.7 Å². The Kier molecular flexibility index (Phi) is 5.39. The minimum absolute atomic E-state index is 0.600. The summed E-state index contributed by atoms with van der Waals surface area (Å²) < 4.78 is 5.88. The van der Waals surface area contributed by atoms with E-state index in [1.165, 1.54) is 47.1 Å². The van der Waals surface area contributed by atoms with Crippen molar-refractivity contribution in [1.29, 1.82) is 0 Å². The van der Waals surface area contributed by atoms with E-state index >= 15 is 0 Å². The third kappa shape index (κ3) is 4.49. The number of hydrogen-bond acceptors (Lipinski definition) is 1. The Morgan fingerprint density at radius 3 is 2.04 bits per heavy atom. The highest BCUT2D eigenvalue weighted by Crippen LogP contribution is 2.31. The van der Waals surface area contributed by atoms with Crippen molar-refractivity contribution in [3.63, 3.8) is 0 Å². The van der Waals surface area contributed by atoms with Crippen LogP contribution >= 0.6 is 0 Å². The largest absolute Gasteiger partial charge is 0.489 e. The van der Waals surface area contributed by atoms with Crippen LogP contribution in [0.15, 0.2) is 84.9 Å². The fraction of sp³-hybridized carbons (Fsp3) is 0.231. The van der Waals surface area contributed by atoms with Gasteiger partial charge in [0.2, 0.25) is 0 Å². The molecule has 0 bridgehead atoms. The molecule has 0 saturated heterocycles. The fourth-order valence-electron chi connectivity index (χ4n) is 3.59. The summed E-state index contributed by atoms with van der Waals surface area (Å²) in [4.78, 5) is 0. The number of hydrogen-bond donors (Lipinski definition) is 0. The highest BCUT2D eigenvalue weighted by atomic mass is 16.5. The summed E-state index contributed by atoms with van der Waals surface area (Å²) in [6.45, 7) is 2.94. The standard InChI is InChI=1S/C26H26O/c1-20-7-9-22(10-8-20)23-11-13-24(14-12-23)25-15-17-26(18-16-25)27-19-21-5-3-2-4-6-21/h2-6,9,11-18,20H,7-8,10,19H2,1H3. The second-order valence-corrected chi connectivity index (χ2v) is 7.48. The number of rotatable bonds is 5. The monoisotopic (exact) mass is 354 g/mol. The molecule has 0 aromatic heterocycles. The van der Waals surface area contributed by atoms with E-state index in [0.717, 1.165) is 11.7 Å². The molecule has 0 heterocycles. The van der Waals surface area contributed by atoms with Gasteiger partial charge in [0.25, 0.3) is 0 Å². The molecular weight excluding hydrogens is 328 g/mol. The van der Waals surface area contributed by atoms with Crippen LogP contribution in [0.1, 0.15) is 37.3 Å². The molecule has 1 nitrogen and oxygen atoms in total. The van der Waals surface area contributed by atoms with E-state index in [1.54, 1.807) is 0 Å². The van der Waals surface area contributed by atoms with Crippen LogP contribution in [-0.2, 0) is 6.61 Å². The highest BCUT2D eigenvalue weighted by molar-refractivity contribution is 5.71. The Hall–Kier alpha value is -2.80. The lowest BCUT2D eigenvalue weighted by molar-refractivity contribution is 0.306. The first kappa shape index (κ1) is 17.6. The molecule has 1 atom stereocenters. The summed E-state index contributed by atoms with van der Waals surface area (Å²) in [6, 6.07) is 27.6. The van der Waals surface area contributed by atoms with Gasteiger partial charge in [-0.1, -0.05) is 79.7 Å². The molecule has 1 aliphatic carbocycles. The molecule has 1 unspecified atom stereocenters. The molecule has 4 rings (SSSR count). The Morgan fingerprint density at radius 1 is 0.778 bits per heavy atom. The molecule has 1 heteroatoms. The number of allylic oxidation sites excluding steroid dienone is 2. The van der Waals surface area contributed by atoms with Gasteiger partial charge in [0.15, 0.2) is 0 Å². The zero-order valence-corrected chi connectivity index (χ0v) is 15.9. The highest BCUT2D eigenvalue weighted by Gasteiger charge is 2.11. The van der Waals surface area contributed by atoms with Crippen LogP contribution in [0, 0.1) is 5.92 Å². The molecule has 3 aromatic rings. The van der Waals surface area contributed by atoms with Crippen molar-refractivity contribution in [2.75, 3.05) is 0 Å². The Labute approximate surface area is 162 Å². The quantitative estimate of drug-likeness (QED) is 0.473. The normalized spacial score (nSPS) is 16.6. The lowest BCUT2D eigenvalue weighted by Gasteiger charge is -2.18. The number of ether oxygens (including phenoxy) is 1. The van der Waals surface area contributed by atoms with Gasteiger partial charge in [0, 0.05) is 0 Å². The average molecular weight is 354 g/mol. The fourth-order valence-corrected chi connectivity index (χ4v) is 3.59. The lowest BCUT2D eigenvalue weighted by Crippen LogP contribution is -2.00.